The van der Waals surface area contributed by atoms with Crippen molar-refractivity contribution < 1.29 is 22.7 Å². The van der Waals surface area contributed by atoms with E-state index in [1.54, 1.807) is 12.1 Å². The van der Waals surface area contributed by atoms with Gasteiger partial charge < -0.3 is 14.8 Å². The van der Waals surface area contributed by atoms with Gasteiger partial charge in [-0.3, -0.25) is 9.10 Å². The molecule has 0 spiro atoms. The molecule has 1 aromatic carbocycles. The van der Waals surface area contributed by atoms with Crippen LogP contribution in [0, 0.1) is 0 Å². The summed E-state index contributed by atoms with van der Waals surface area (Å²) in [6, 6.07) is 4.55. The minimum Gasteiger partial charge on any atom is -0.495 e. The maximum absolute atomic E-state index is 12.1. The number of benzene rings is 1. The lowest BCUT2D eigenvalue weighted by atomic mass is 10.2. The zero-order valence-corrected chi connectivity index (χ0v) is 15.2. The van der Waals surface area contributed by atoms with Crippen molar-refractivity contribution >= 4 is 33.2 Å². The van der Waals surface area contributed by atoms with E-state index in [0.29, 0.717) is 24.6 Å². The zero-order chi connectivity index (χ0) is 17.7. The minimum atomic E-state index is -3.64. The second kappa shape index (κ2) is 8.04. The maximum atomic E-state index is 12.1. The van der Waals surface area contributed by atoms with E-state index in [2.05, 4.69) is 5.32 Å². The number of carbonyl (C=O) groups is 1. The molecule has 0 unspecified atom stereocenters. The average molecular weight is 377 g/mol. The van der Waals surface area contributed by atoms with Crippen LogP contribution in [0.5, 0.6) is 5.75 Å². The first-order valence-electron chi connectivity index (χ1n) is 7.51. The molecule has 0 bridgehead atoms. The first kappa shape index (κ1) is 18.8. The summed E-state index contributed by atoms with van der Waals surface area (Å²) in [5.41, 5.74) is 0.301. The van der Waals surface area contributed by atoms with Gasteiger partial charge in [-0.05, 0) is 31.0 Å². The van der Waals surface area contributed by atoms with E-state index in [1.807, 2.05) is 0 Å². The number of halogens is 1. The fraction of sp³-hybridized carbons (Fsp3) is 0.533. The van der Waals surface area contributed by atoms with Crippen molar-refractivity contribution in [3.05, 3.63) is 23.2 Å². The molecule has 0 radical (unpaired) electrons. The average Bonchev–Trinajstić information content (AvgIpc) is 3.03. The smallest absolute Gasteiger partial charge is 0.240 e. The molecule has 0 aromatic heterocycles. The van der Waals surface area contributed by atoms with Crippen LogP contribution < -0.4 is 14.4 Å². The van der Waals surface area contributed by atoms with Gasteiger partial charge in [-0.25, -0.2) is 8.42 Å². The van der Waals surface area contributed by atoms with Gasteiger partial charge >= 0.3 is 0 Å². The molecule has 1 atom stereocenters. The van der Waals surface area contributed by atoms with Crippen LogP contribution >= 0.6 is 11.6 Å². The van der Waals surface area contributed by atoms with E-state index in [9.17, 15) is 13.2 Å². The molecule has 1 fully saturated rings. The summed E-state index contributed by atoms with van der Waals surface area (Å²) in [7, 11) is -2.18. The molecule has 1 heterocycles. The van der Waals surface area contributed by atoms with E-state index in [0.717, 1.165) is 23.4 Å². The number of hydrogen-bond donors (Lipinski definition) is 1. The Hall–Kier alpha value is -1.51. The van der Waals surface area contributed by atoms with Crippen LogP contribution in [0.2, 0.25) is 5.02 Å². The zero-order valence-electron chi connectivity index (χ0n) is 13.6. The van der Waals surface area contributed by atoms with Gasteiger partial charge in [0, 0.05) is 13.2 Å². The number of methoxy groups -OCH3 is 1. The van der Waals surface area contributed by atoms with Gasteiger partial charge in [0.05, 0.1) is 30.2 Å². The summed E-state index contributed by atoms with van der Waals surface area (Å²) in [5.74, 6) is 0.0274. The van der Waals surface area contributed by atoms with Gasteiger partial charge in [-0.2, -0.15) is 0 Å². The van der Waals surface area contributed by atoms with Crippen LogP contribution in [0.25, 0.3) is 0 Å². The molecule has 1 amide bonds. The Bertz CT molecular complexity index is 689. The van der Waals surface area contributed by atoms with Crippen molar-refractivity contribution in [1.29, 1.82) is 0 Å². The normalized spacial score (nSPS) is 17.5. The Morgan fingerprint density at radius 3 is 2.79 bits per heavy atom. The summed E-state index contributed by atoms with van der Waals surface area (Å²) in [5, 5.41) is 2.97. The largest absolute Gasteiger partial charge is 0.495 e. The lowest BCUT2D eigenvalue weighted by Gasteiger charge is -2.23. The first-order valence-corrected chi connectivity index (χ1v) is 9.73. The maximum Gasteiger partial charge on any atom is 0.240 e. The van der Waals surface area contributed by atoms with Gasteiger partial charge in [-0.15, -0.1) is 0 Å². The summed E-state index contributed by atoms with van der Waals surface area (Å²) >= 11 is 6.04. The number of hydrogen-bond acceptors (Lipinski definition) is 5. The molecule has 1 aliphatic heterocycles. The fourth-order valence-electron chi connectivity index (χ4n) is 2.43. The molecule has 1 saturated heterocycles. The number of sulfonamides is 1. The number of carbonyl (C=O) groups excluding carboxylic acids is 1. The number of amides is 1. The van der Waals surface area contributed by atoms with Crippen molar-refractivity contribution in [3.63, 3.8) is 0 Å². The van der Waals surface area contributed by atoms with Crippen LogP contribution in [-0.4, -0.2) is 53.5 Å². The van der Waals surface area contributed by atoms with Gasteiger partial charge in [0.15, 0.2) is 0 Å². The Kier molecular flexibility index (Phi) is 6.31. The highest BCUT2D eigenvalue weighted by Gasteiger charge is 2.23. The summed E-state index contributed by atoms with van der Waals surface area (Å²) in [4.78, 5) is 12.1. The van der Waals surface area contributed by atoms with Crippen LogP contribution in [0.4, 0.5) is 5.69 Å². The fourth-order valence-corrected chi connectivity index (χ4v) is 3.53. The third-order valence-corrected chi connectivity index (χ3v) is 5.10. The number of nitrogens with zero attached hydrogens (tertiary/aromatic N) is 1. The molecule has 1 N–H and O–H groups in total. The number of anilines is 1. The van der Waals surface area contributed by atoms with Crippen LogP contribution in [0.15, 0.2) is 18.2 Å². The van der Waals surface area contributed by atoms with E-state index >= 15 is 0 Å². The van der Waals surface area contributed by atoms with Crippen LogP contribution in [0.3, 0.4) is 0 Å². The summed E-state index contributed by atoms with van der Waals surface area (Å²) in [6.07, 6.45) is 2.90. The number of rotatable bonds is 7. The van der Waals surface area contributed by atoms with Crippen molar-refractivity contribution in [2.45, 2.75) is 18.9 Å². The van der Waals surface area contributed by atoms with E-state index < -0.39 is 15.9 Å². The van der Waals surface area contributed by atoms with Gasteiger partial charge in [0.25, 0.3) is 0 Å². The molecule has 134 valence electrons. The number of ether oxygens (including phenoxy) is 2. The Balaban J connectivity index is 2.08. The van der Waals surface area contributed by atoms with Crippen molar-refractivity contribution in [1.82, 2.24) is 5.32 Å². The van der Waals surface area contributed by atoms with E-state index in [4.69, 9.17) is 21.1 Å². The third kappa shape index (κ3) is 4.99. The number of nitrogens with one attached hydrogen (secondary N) is 1. The van der Waals surface area contributed by atoms with Gasteiger partial charge in [-0.1, -0.05) is 11.6 Å². The Morgan fingerprint density at radius 1 is 1.50 bits per heavy atom. The minimum absolute atomic E-state index is 0.00364. The lowest BCUT2D eigenvalue weighted by molar-refractivity contribution is -0.120. The molecule has 9 heteroatoms. The second-order valence-electron chi connectivity index (χ2n) is 5.53. The van der Waals surface area contributed by atoms with Crippen molar-refractivity contribution in [2.75, 3.05) is 37.4 Å². The predicted octanol–water partition coefficient (Wildman–Crippen LogP) is 1.41. The molecular weight excluding hydrogens is 356 g/mol. The van der Waals surface area contributed by atoms with Crippen molar-refractivity contribution in [2.24, 2.45) is 0 Å². The highest BCUT2D eigenvalue weighted by atomic mass is 35.5. The highest BCUT2D eigenvalue weighted by Crippen LogP contribution is 2.30. The van der Waals surface area contributed by atoms with Crippen LogP contribution in [0.1, 0.15) is 12.8 Å². The Morgan fingerprint density at radius 2 is 2.25 bits per heavy atom. The highest BCUT2D eigenvalue weighted by molar-refractivity contribution is 7.92. The second-order valence-corrected chi connectivity index (χ2v) is 7.84. The molecule has 0 saturated carbocycles. The monoisotopic (exact) mass is 376 g/mol. The molecular formula is C15H21ClN2O5S. The Labute approximate surface area is 146 Å². The van der Waals surface area contributed by atoms with Crippen LogP contribution in [-0.2, 0) is 19.6 Å². The standard InChI is InChI=1S/C15H21ClN2O5S/c1-22-14-6-5-11(8-13(14)16)18(24(2,20)21)10-15(19)17-9-12-4-3-7-23-12/h5-6,8,12H,3-4,7,9-10H2,1-2H3,(H,17,19)/t12-/m1/s1. The molecule has 1 aromatic rings. The van der Waals surface area contributed by atoms with Gasteiger partial charge in [0.2, 0.25) is 15.9 Å². The SMILES string of the molecule is COc1ccc(N(CC(=O)NC[C@H]2CCCO2)S(C)(=O)=O)cc1Cl. The quantitative estimate of drug-likeness (QED) is 0.777. The summed E-state index contributed by atoms with van der Waals surface area (Å²) < 4.78 is 35.6. The molecule has 1 aliphatic rings. The van der Waals surface area contributed by atoms with E-state index in [1.165, 1.54) is 13.2 Å². The third-order valence-electron chi connectivity index (χ3n) is 3.66. The molecule has 24 heavy (non-hydrogen) atoms. The molecule has 7 nitrogen and oxygen atoms in total. The first-order chi connectivity index (χ1) is 11.3. The molecule has 2 rings (SSSR count). The van der Waals surface area contributed by atoms with E-state index in [-0.39, 0.29) is 17.7 Å². The van der Waals surface area contributed by atoms with Crippen molar-refractivity contribution in [3.8, 4) is 5.75 Å². The predicted molar refractivity (Wildman–Crippen MR) is 92.2 cm³/mol. The summed E-state index contributed by atoms with van der Waals surface area (Å²) in [6.45, 7) is 0.744. The molecule has 0 aliphatic carbocycles. The topological polar surface area (TPSA) is 84.9 Å². The van der Waals surface area contributed by atoms with Gasteiger partial charge in [0.1, 0.15) is 12.3 Å². The lowest BCUT2D eigenvalue weighted by Crippen LogP contribution is -2.42.